The van der Waals surface area contributed by atoms with E-state index in [2.05, 4.69) is 4.72 Å². The highest BCUT2D eigenvalue weighted by Crippen LogP contribution is 2.17. The van der Waals surface area contributed by atoms with Gasteiger partial charge in [0.1, 0.15) is 0 Å². The lowest BCUT2D eigenvalue weighted by Gasteiger charge is -2.17. The van der Waals surface area contributed by atoms with Gasteiger partial charge in [0.25, 0.3) is 0 Å². The standard InChI is InChI=1S/C13H21NO3S/c1-4-12(7-8-15)14-18(16,17)13-9-10(2)5-6-11(13)3/h5-6,9,12,14-15H,4,7-8H2,1-3H3. The van der Waals surface area contributed by atoms with Crippen molar-refractivity contribution in [3.8, 4) is 0 Å². The van der Waals surface area contributed by atoms with E-state index in [9.17, 15) is 8.42 Å². The molecule has 5 heteroatoms. The van der Waals surface area contributed by atoms with Crippen LogP contribution in [0.15, 0.2) is 23.1 Å². The van der Waals surface area contributed by atoms with Crippen LogP contribution in [0.25, 0.3) is 0 Å². The number of aryl methyl sites for hydroxylation is 2. The normalized spacial score (nSPS) is 13.6. The average molecular weight is 271 g/mol. The molecule has 0 saturated heterocycles. The van der Waals surface area contributed by atoms with Crippen LogP contribution in [-0.4, -0.2) is 26.2 Å². The molecule has 0 radical (unpaired) electrons. The topological polar surface area (TPSA) is 66.4 Å². The van der Waals surface area contributed by atoms with E-state index in [1.165, 1.54) is 0 Å². The zero-order chi connectivity index (χ0) is 13.8. The lowest BCUT2D eigenvalue weighted by molar-refractivity contribution is 0.270. The average Bonchev–Trinajstić information content (AvgIpc) is 2.31. The van der Waals surface area contributed by atoms with Gasteiger partial charge in [0.05, 0.1) is 4.90 Å². The van der Waals surface area contributed by atoms with Gasteiger partial charge < -0.3 is 5.11 Å². The van der Waals surface area contributed by atoms with Crippen LogP contribution in [0.3, 0.4) is 0 Å². The van der Waals surface area contributed by atoms with Crippen molar-refractivity contribution < 1.29 is 13.5 Å². The van der Waals surface area contributed by atoms with Gasteiger partial charge in [-0.05, 0) is 43.9 Å². The number of benzene rings is 1. The Bertz CT molecular complexity index is 497. The molecule has 0 saturated carbocycles. The lowest BCUT2D eigenvalue weighted by Crippen LogP contribution is -2.35. The maximum absolute atomic E-state index is 12.3. The predicted octanol–water partition coefficient (Wildman–Crippen LogP) is 1.74. The number of hydrogen-bond acceptors (Lipinski definition) is 3. The van der Waals surface area contributed by atoms with Crippen molar-refractivity contribution in [2.75, 3.05) is 6.61 Å². The predicted molar refractivity (Wildman–Crippen MR) is 72.0 cm³/mol. The minimum absolute atomic E-state index is 0.0200. The number of hydrogen-bond donors (Lipinski definition) is 2. The van der Waals surface area contributed by atoms with Crippen molar-refractivity contribution in [3.63, 3.8) is 0 Å². The molecule has 0 aliphatic heterocycles. The summed E-state index contributed by atoms with van der Waals surface area (Å²) in [5.41, 5.74) is 1.64. The summed E-state index contributed by atoms with van der Waals surface area (Å²) in [5.74, 6) is 0. The molecule has 0 bridgehead atoms. The number of sulfonamides is 1. The van der Waals surface area contributed by atoms with Crippen LogP contribution in [0, 0.1) is 13.8 Å². The second kappa shape index (κ2) is 6.31. The molecular weight excluding hydrogens is 250 g/mol. The monoisotopic (exact) mass is 271 g/mol. The van der Waals surface area contributed by atoms with E-state index in [1.54, 1.807) is 19.1 Å². The van der Waals surface area contributed by atoms with E-state index in [1.807, 2.05) is 19.9 Å². The molecule has 18 heavy (non-hydrogen) atoms. The van der Waals surface area contributed by atoms with Crippen LogP contribution in [-0.2, 0) is 10.0 Å². The molecule has 1 rings (SSSR count). The summed E-state index contributed by atoms with van der Waals surface area (Å²) in [5, 5.41) is 8.90. The molecule has 4 nitrogen and oxygen atoms in total. The molecule has 102 valence electrons. The third kappa shape index (κ3) is 3.80. The molecule has 1 aromatic carbocycles. The van der Waals surface area contributed by atoms with Crippen LogP contribution in [0.2, 0.25) is 0 Å². The molecule has 1 atom stereocenters. The quantitative estimate of drug-likeness (QED) is 0.828. The van der Waals surface area contributed by atoms with Crippen LogP contribution in [0.4, 0.5) is 0 Å². The largest absolute Gasteiger partial charge is 0.396 e. The van der Waals surface area contributed by atoms with Gasteiger partial charge in [-0.25, -0.2) is 13.1 Å². The van der Waals surface area contributed by atoms with E-state index in [-0.39, 0.29) is 12.6 Å². The fourth-order valence-corrected chi connectivity index (χ4v) is 3.47. The Kier molecular flexibility index (Phi) is 5.31. The maximum atomic E-state index is 12.3. The van der Waals surface area contributed by atoms with E-state index >= 15 is 0 Å². The Morgan fingerprint density at radius 1 is 1.33 bits per heavy atom. The van der Waals surface area contributed by atoms with Gasteiger partial charge in [-0.15, -0.1) is 0 Å². The molecular formula is C13H21NO3S. The first-order chi connectivity index (χ1) is 8.40. The van der Waals surface area contributed by atoms with Gasteiger partial charge in [0.2, 0.25) is 10.0 Å². The summed E-state index contributed by atoms with van der Waals surface area (Å²) in [4.78, 5) is 0.318. The number of aliphatic hydroxyl groups excluding tert-OH is 1. The highest BCUT2D eigenvalue weighted by molar-refractivity contribution is 7.89. The molecule has 0 amide bonds. The first kappa shape index (κ1) is 15.1. The molecule has 1 aromatic rings. The molecule has 0 aliphatic carbocycles. The second-order valence-corrected chi connectivity index (χ2v) is 6.19. The summed E-state index contributed by atoms with van der Waals surface area (Å²) >= 11 is 0. The Morgan fingerprint density at radius 2 is 2.00 bits per heavy atom. The van der Waals surface area contributed by atoms with Gasteiger partial charge in [0, 0.05) is 12.6 Å². The van der Waals surface area contributed by atoms with Crippen LogP contribution in [0.1, 0.15) is 30.9 Å². The Balaban J connectivity index is 3.02. The number of rotatable bonds is 6. The molecule has 0 spiro atoms. The minimum Gasteiger partial charge on any atom is -0.396 e. The molecule has 0 fully saturated rings. The lowest BCUT2D eigenvalue weighted by atomic mass is 10.2. The number of nitrogens with one attached hydrogen (secondary N) is 1. The van der Waals surface area contributed by atoms with Gasteiger partial charge in [-0.3, -0.25) is 0 Å². The smallest absolute Gasteiger partial charge is 0.241 e. The van der Waals surface area contributed by atoms with E-state index in [0.29, 0.717) is 17.7 Å². The zero-order valence-electron chi connectivity index (χ0n) is 11.1. The minimum atomic E-state index is -3.51. The third-order valence-corrected chi connectivity index (χ3v) is 4.59. The van der Waals surface area contributed by atoms with Crippen molar-refractivity contribution in [2.24, 2.45) is 0 Å². The van der Waals surface area contributed by atoms with E-state index < -0.39 is 10.0 Å². The second-order valence-electron chi connectivity index (χ2n) is 4.51. The Morgan fingerprint density at radius 3 is 2.56 bits per heavy atom. The summed E-state index contributed by atoms with van der Waals surface area (Å²) in [6.45, 7) is 5.52. The van der Waals surface area contributed by atoms with E-state index in [0.717, 1.165) is 11.1 Å². The molecule has 0 aromatic heterocycles. The Hall–Kier alpha value is -0.910. The maximum Gasteiger partial charge on any atom is 0.241 e. The first-order valence-electron chi connectivity index (χ1n) is 6.11. The Labute approximate surface area is 109 Å². The van der Waals surface area contributed by atoms with Crippen molar-refractivity contribution in [2.45, 2.75) is 44.6 Å². The van der Waals surface area contributed by atoms with Crippen molar-refractivity contribution >= 4 is 10.0 Å². The van der Waals surface area contributed by atoms with Gasteiger partial charge in [-0.1, -0.05) is 19.1 Å². The summed E-state index contributed by atoms with van der Waals surface area (Å²) < 4.78 is 27.2. The van der Waals surface area contributed by atoms with Gasteiger partial charge in [0.15, 0.2) is 0 Å². The molecule has 1 unspecified atom stereocenters. The number of aliphatic hydroxyl groups is 1. The molecule has 0 heterocycles. The van der Waals surface area contributed by atoms with Crippen molar-refractivity contribution in [3.05, 3.63) is 29.3 Å². The highest BCUT2D eigenvalue weighted by Gasteiger charge is 2.20. The first-order valence-corrected chi connectivity index (χ1v) is 7.59. The summed E-state index contributed by atoms with van der Waals surface area (Å²) in [7, 11) is -3.51. The van der Waals surface area contributed by atoms with Crippen LogP contribution < -0.4 is 4.72 Å². The molecule has 0 aliphatic rings. The van der Waals surface area contributed by atoms with Crippen LogP contribution in [0.5, 0.6) is 0 Å². The van der Waals surface area contributed by atoms with E-state index in [4.69, 9.17) is 5.11 Å². The van der Waals surface area contributed by atoms with Crippen molar-refractivity contribution in [1.82, 2.24) is 4.72 Å². The third-order valence-electron chi connectivity index (χ3n) is 2.93. The van der Waals surface area contributed by atoms with Crippen LogP contribution >= 0.6 is 0 Å². The SMILES string of the molecule is CCC(CCO)NS(=O)(=O)c1cc(C)ccc1C. The highest BCUT2D eigenvalue weighted by atomic mass is 32.2. The summed E-state index contributed by atoms with van der Waals surface area (Å²) in [6.07, 6.45) is 1.09. The summed E-state index contributed by atoms with van der Waals surface area (Å²) in [6, 6.07) is 5.14. The van der Waals surface area contributed by atoms with Gasteiger partial charge >= 0.3 is 0 Å². The van der Waals surface area contributed by atoms with Crippen molar-refractivity contribution in [1.29, 1.82) is 0 Å². The fraction of sp³-hybridized carbons (Fsp3) is 0.538. The van der Waals surface area contributed by atoms with Gasteiger partial charge in [-0.2, -0.15) is 0 Å². The fourth-order valence-electron chi connectivity index (χ4n) is 1.78. The molecule has 2 N–H and O–H groups in total. The zero-order valence-corrected chi connectivity index (χ0v) is 11.9.